The molecule has 0 saturated heterocycles. The second-order valence-electron chi connectivity index (χ2n) is 8.40. The predicted octanol–water partition coefficient (Wildman–Crippen LogP) is 4.27. The van der Waals surface area contributed by atoms with Crippen LogP contribution in [0.4, 0.5) is 5.82 Å². The molecule has 32 heavy (non-hydrogen) atoms. The molecule has 0 unspecified atom stereocenters. The van der Waals surface area contributed by atoms with E-state index in [1.54, 1.807) is 11.8 Å². The van der Waals surface area contributed by atoms with E-state index in [1.165, 1.54) is 4.57 Å². The minimum absolute atomic E-state index is 0.0929. The van der Waals surface area contributed by atoms with Crippen LogP contribution in [0.1, 0.15) is 45.4 Å². The molecule has 1 aromatic carbocycles. The zero-order valence-electron chi connectivity index (χ0n) is 19.0. The van der Waals surface area contributed by atoms with E-state index in [0.29, 0.717) is 31.1 Å². The highest BCUT2D eigenvalue weighted by Crippen LogP contribution is 2.29. The number of aliphatic imine (C=N–C) groups is 1. The van der Waals surface area contributed by atoms with Crippen molar-refractivity contribution in [3.63, 3.8) is 0 Å². The van der Waals surface area contributed by atoms with Crippen molar-refractivity contribution in [3.8, 4) is 11.6 Å². The van der Waals surface area contributed by atoms with Crippen molar-refractivity contribution in [2.24, 2.45) is 4.99 Å². The normalized spacial score (nSPS) is 12.3. The van der Waals surface area contributed by atoms with Crippen molar-refractivity contribution >= 4 is 23.7 Å². The Labute approximate surface area is 192 Å². The smallest absolute Gasteiger partial charge is 0.264 e. The zero-order valence-corrected chi connectivity index (χ0v) is 19.9. The summed E-state index contributed by atoms with van der Waals surface area (Å²) >= 11 is 5.22. The summed E-state index contributed by atoms with van der Waals surface area (Å²) in [5.74, 6) is 0.348. The third-order valence-electron chi connectivity index (χ3n) is 5.02. The highest BCUT2D eigenvalue weighted by molar-refractivity contribution is 7.71. The van der Waals surface area contributed by atoms with Crippen LogP contribution in [0.15, 0.2) is 46.2 Å². The molecule has 0 aliphatic rings. The van der Waals surface area contributed by atoms with Crippen molar-refractivity contribution < 1.29 is 9.84 Å². The molecular weight excluding hydrogens is 426 g/mol. The Morgan fingerprint density at radius 2 is 1.97 bits per heavy atom. The van der Waals surface area contributed by atoms with Gasteiger partial charge in [-0.15, -0.1) is 0 Å². The number of para-hydroxylation sites is 1. The summed E-state index contributed by atoms with van der Waals surface area (Å²) in [6.45, 7) is 8.76. The van der Waals surface area contributed by atoms with Gasteiger partial charge in [0.2, 0.25) is 5.88 Å². The quantitative estimate of drug-likeness (QED) is 0.410. The van der Waals surface area contributed by atoms with E-state index >= 15 is 0 Å². The van der Waals surface area contributed by atoms with Gasteiger partial charge in [0, 0.05) is 18.6 Å². The first kappa shape index (κ1) is 23.6. The molecule has 0 saturated carbocycles. The number of methoxy groups -OCH3 is 1. The van der Waals surface area contributed by atoms with Crippen LogP contribution in [-0.4, -0.2) is 43.9 Å². The molecule has 0 atom stereocenters. The van der Waals surface area contributed by atoms with Gasteiger partial charge in [-0.1, -0.05) is 45.9 Å². The molecule has 8 nitrogen and oxygen atoms in total. The number of hydrogen-bond acceptors (Lipinski definition) is 6. The molecule has 3 rings (SSSR count). The Kier molecular flexibility index (Phi) is 7.10. The Morgan fingerprint density at radius 3 is 2.56 bits per heavy atom. The van der Waals surface area contributed by atoms with Gasteiger partial charge in [0.1, 0.15) is 5.56 Å². The molecule has 0 spiro atoms. The summed E-state index contributed by atoms with van der Waals surface area (Å²) in [7, 11) is 1.56. The fourth-order valence-corrected chi connectivity index (χ4v) is 3.51. The van der Waals surface area contributed by atoms with Crippen molar-refractivity contribution in [3.05, 3.63) is 62.8 Å². The number of hydrogen-bond donors (Lipinski definition) is 2. The van der Waals surface area contributed by atoms with Gasteiger partial charge in [0.25, 0.3) is 5.56 Å². The van der Waals surface area contributed by atoms with Crippen molar-refractivity contribution in [1.29, 1.82) is 0 Å². The topological polar surface area (TPSA) is 97.4 Å². The van der Waals surface area contributed by atoms with Crippen LogP contribution in [0.5, 0.6) is 5.88 Å². The molecule has 0 amide bonds. The van der Waals surface area contributed by atoms with Gasteiger partial charge in [-0.3, -0.25) is 14.3 Å². The highest BCUT2D eigenvalue weighted by atomic mass is 32.1. The maximum atomic E-state index is 12.8. The number of aromatic amines is 1. The standard InChI is InChI=1S/C23H29N5O3S/c1-6-16(19-20(29)25-22(32)27(21(19)30)12-13-31-5)24-18-14-17(23(2,3)4)26-28(18)15-10-8-7-9-11-15/h7-11,14,30H,6,12-13H2,1-5H3,(H,25,29,32)/b24-16+. The lowest BCUT2D eigenvalue weighted by molar-refractivity contribution is 0.182. The van der Waals surface area contributed by atoms with Gasteiger partial charge in [-0.25, -0.2) is 9.67 Å². The third kappa shape index (κ3) is 4.89. The first-order valence-electron chi connectivity index (χ1n) is 10.5. The summed E-state index contributed by atoms with van der Waals surface area (Å²) in [5, 5.41) is 15.7. The SMILES string of the molecule is CC/C(=N\c1cc(C(C)(C)C)nn1-c1ccccc1)c1c(O)n(CCOC)c(=S)[nH]c1=O. The van der Waals surface area contributed by atoms with Gasteiger partial charge in [-0.05, 0) is 30.8 Å². The molecule has 2 heterocycles. The number of aromatic hydroxyl groups is 1. The van der Waals surface area contributed by atoms with Gasteiger partial charge in [0.05, 0.1) is 30.2 Å². The second kappa shape index (κ2) is 9.62. The summed E-state index contributed by atoms with van der Waals surface area (Å²) in [5.41, 5.74) is 1.57. The van der Waals surface area contributed by atoms with Gasteiger partial charge < -0.3 is 9.84 Å². The molecule has 2 N–H and O–H groups in total. The van der Waals surface area contributed by atoms with Gasteiger partial charge in [-0.2, -0.15) is 5.10 Å². The van der Waals surface area contributed by atoms with E-state index in [0.717, 1.165) is 11.4 Å². The van der Waals surface area contributed by atoms with E-state index in [2.05, 4.69) is 25.8 Å². The van der Waals surface area contributed by atoms with Crippen LogP contribution in [0.3, 0.4) is 0 Å². The number of ether oxygens (including phenoxy) is 1. The first-order chi connectivity index (χ1) is 15.2. The summed E-state index contributed by atoms with van der Waals surface area (Å²) in [6.07, 6.45) is 0.419. The average Bonchev–Trinajstić information content (AvgIpc) is 3.17. The van der Waals surface area contributed by atoms with E-state index < -0.39 is 5.56 Å². The number of aromatic nitrogens is 4. The second-order valence-corrected chi connectivity index (χ2v) is 8.79. The molecule has 2 aromatic heterocycles. The van der Waals surface area contributed by atoms with Crippen LogP contribution in [-0.2, 0) is 16.7 Å². The first-order valence-corrected chi connectivity index (χ1v) is 10.9. The monoisotopic (exact) mass is 455 g/mol. The third-order valence-corrected chi connectivity index (χ3v) is 5.35. The lowest BCUT2D eigenvalue weighted by Gasteiger charge is -2.14. The molecule has 170 valence electrons. The molecule has 9 heteroatoms. The Bertz CT molecular complexity index is 1230. The molecule has 0 aliphatic heterocycles. The van der Waals surface area contributed by atoms with Crippen LogP contribution in [0.2, 0.25) is 0 Å². The summed E-state index contributed by atoms with van der Waals surface area (Å²) in [4.78, 5) is 20.2. The lowest BCUT2D eigenvalue weighted by atomic mass is 9.92. The van der Waals surface area contributed by atoms with Crippen LogP contribution in [0, 0.1) is 4.77 Å². The number of benzene rings is 1. The molecule has 0 radical (unpaired) electrons. The van der Waals surface area contributed by atoms with Crippen molar-refractivity contribution in [1.82, 2.24) is 19.3 Å². The van der Waals surface area contributed by atoms with Crippen LogP contribution < -0.4 is 5.56 Å². The number of nitrogens with zero attached hydrogens (tertiary/aromatic N) is 4. The zero-order chi connectivity index (χ0) is 23.5. The number of rotatable bonds is 7. The van der Waals surface area contributed by atoms with Crippen LogP contribution >= 0.6 is 12.2 Å². The number of nitrogens with one attached hydrogen (secondary N) is 1. The van der Waals surface area contributed by atoms with Gasteiger partial charge in [0.15, 0.2) is 10.6 Å². The Morgan fingerprint density at radius 1 is 1.28 bits per heavy atom. The predicted molar refractivity (Wildman–Crippen MR) is 128 cm³/mol. The fourth-order valence-electron chi connectivity index (χ4n) is 3.24. The van der Waals surface area contributed by atoms with Crippen molar-refractivity contribution in [2.45, 2.75) is 46.1 Å². The molecule has 0 aliphatic carbocycles. The van der Waals surface area contributed by atoms with E-state index in [-0.39, 0.29) is 21.6 Å². The van der Waals surface area contributed by atoms with E-state index in [1.807, 2.05) is 43.3 Å². The molecule has 0 bridgehead atoms. The summed E-state index contributed by atoms with van der Waals surface area (Å²) < 4.78 is 8.42. The number of H-pyrrole nitrogens is 1. The average molecular weight is 456 g/mol. The highest BCUT2D eigenvalue weighted by Gasteiger charge is 2.22. The lowest BCUT2D eigenvalue weighted by Crippen LogP contribution is -2.23. The summed E-state index contributed by atoms with van der Waals surface area (Å²) in [6, 6.07) is 11.6. The maximum Gasteiger partial charge on any atom is 0.264 e. The minimum atomic E-state index is -0.483. The Balaban J connectivity index is 2.22. The van der Waals surface area contributed by atoms with Gasteiger partial charge >= 0.3 is 0 Å². The van der Waals surface area contributed by atoms with E-state index in [9.17, 15) is 9.90 Å². The maximum absolute atomic E-state index is 12.8. The van der Waals surface area contributed by atoms with Crippen molar-refractivity contribution in [2.75, 3.05) is 13.7 Å². The Hall–Kier alpha value is -3.04. The van der Waals surface area contributed by atoms with E-state index in [4.69, 9.17) is 27.0 Å². The molecular formula is C23H29N5O3S. The largest absolute Gasteiger partial charge is 0.494 e. The minimum Gasteiger partial charge on any atom is -0.494 e. The fraction of sp³-hybridized carbons (Fsp3) is 0.391. The molecule has 3 aromatic rings. The molecule has 0 fully saturated rings. The van der Waals surface area contributed by atoms with Crippen LogP contribution in [0.25, 0.3) is 5.69 Å².